The summed E-state index contributed by atoms with van der Waals surface area (Å²) in [6, 6.07) is 5.31. The lowest BCUT2D eigenvalue weighted by molar-refractivity contribution is 0.0695. The molecule has 4 aromatic rings. The van der Waals surface area contributed by atoms with Gasteiger partial charge in [-0.25, -0.2) is 14.8 Å². The van der Waals surface area contributed by atoms with Crippen LogP contribution in [0.25, 0.3) is 21.9 Å². The normalized spacial score (nSPS) is 16.2. The molecule has 5 N–H and O–H groups in total. The van der Waals surface area contributed by atoms with Crippen LogP contribution in [0.5, 0.6) is 0 Å². The van der Waals surface area contributed by atoms with E-state index >= 15 is 0 Å². The Morgan fingerprint density at radius 2 is 2.21 bits per heavy atom. The fourth-order valence-corrected chi connectivity index (χ4v) is 5.24. The Balaban J connectivity index is 1.60. The first kappa shape index (κ1) is 21.7. The van der Waals surface area contributed by atoms with Gasteiger partial charge in [-0.2, -0.15) is 0 Å². The van der Waals surface area contributed by atoms with Gasteiger partial charge in [0.15, 0.2) is 5.16 Å². The second kappa shape index (κ2) is 8.36. The molecule has 0 radical (unpaired) electrons. The van der Waals surface area contributed by atoms with Crippen LogP contribution in [0.2, 0.25) is 5.02 Å². The SMILES string of the molecule is CCc1[nH]c2nc(Sc3ccc4[nH]cc(C(=O)O)c(=O)c4c3)nc(N3CCC(N)C3)c2c1Cl. The quantitative estimate of drug-likeness (QED) is 0.316. The molecule has 5 rings (SSSR count). The van der Waals surface area contributed by atoms with Crippen LogP contribution in [0.1, 0.15) is 29.4 Å². The first-order valence-electron chi connectivity index (χ1n) is 10.5. The fourth-order valence-electron chi connectivity index (χ4n) is 4.09. The molecule has 0 aliphatic carbocycles. The highest BCUT2D eigenvalue weighted by Crippen LogP contribution is 2.37. The lowest BCUT2D eigenvalue weighted by Gasteiger charge is -2.18. The topological polar surface area (TPSA) is 141 Å². The van der Waals surface area contributed by atoms with Gasteiger partial charge in [0.2, 0.25) is 5.43 Å². The van der Waals surface area contributed by atoms with Gasteiger partial charge in [0.25, 0.3) is 0 Å². The zero-order chi connectivity index (χ0) is 23.3. The summed E-state index contributed by atoms with van der Waals surface area (Å²) in [7, 11) is 0. The maximum Gasteiger partial charge on any atom is 0.341 e. The number of aromatic carboxylic acids is 1. The summed E-state index contributed by atoms with van der Waals surface area (Å²) in [4.78, 5) is 42.4. The number of fused-ring (bicyclic) bond motifs is 2. The molecule has 1 aliphatic rings. The lowest BCUT2D eigenvalue weighted by atomic mass is 10.1. The third kappa shape index (κ3) is 3.84. The third-order valence-corrected chi connectivity index (χ3v) is 7.06. The van der Waals surface area contributed by atoms with Crippen molar-refractivity contribution in [1.82, 2.24) is 19.9 Å². The number of pyridine rings is 1. The number of nitrogens with zero attached hydrogens (tertiary/aromatic N) is 3. The van der Waals surface area contributed by atoms with Gasteiger partial charge >= 0.3 is 5.97 Å². The van der Waals surface area contributed by atoms with Crippen molar-refractivity contribution in [2.24, 2.45) is 5.73 Å². The first-order chi connectivity index (χ1) is 15.9. The van der Waals surface area contributed by atoms with Crippen molar-refractivity contribution in [3.05, 3.63) is 50.9 Å². The van der Waals surface area contributed by atoms with Crippen LogP contribution in [0.15, 0.2) is 39.2 Å². The second-order valence-electron chi connectivity index (χ2n) is 7.97. The zero-order valence-corrected chi connectivity index (χ0v) is 19.3. The number of nitrogens with two attached hydrogens (primary N) is 1. The van der Waals surface area contributed by atoms with Crippen molar-refractivity contribution < 1.29 is 9.90 Å². The van der Waals surface area contributed by atoms with E-state index in [9.17, 15) is 14.7 Å². The van der Waals surface area contributed by atoms with E-state index in [4.69, 9.17) is 22.3 Å². The monoisotopic (exact) mass is 484 g/mol. The molecule has 9 nitrogen and oxygen atoms in total. The van der Waals surface area contributed by atoms with Crippen LogP contribution < -0.4 is 16.1 Å². The lowest BCUT2D eigenvalue weighted by Crippen LogP contribution is -2.27. The molecular weight excluding hydrogens is 464 g/mol. The van der Waals surface area contributed by atoms with Crippen LogP contribution in [-0.4, -0.2) is 50.1 Å². The van der Waals surface area contributed by atoms with E-state index in [0.29, 0.717) is 38.2 Å². The average Bonchev–Trinajstić information content (AvgIpc) is 3.36. The average molecular weight is 485 g/mol. The number of hydrogen-bond acceptors (Lipinski definition) is 7. The molecule has 1 aliphatic heterocycles. The minimum absolute atomic E-state index is 0.0742. The number of anilines is 1. The number of carbonyl (C=O) groups is 1. The predicted molar refractivity (Wildman–Crippen MR) is 129 cm³/mol. The molecule has 1 fully saturated rings. The van der Waals surface area contributed by atoms with Crippen molar-refractivity contribution in [2.45, 2.75) is 35.9 Å². The Hall–Kier alpha value is -3.08. The molecule has 0 spiro atoms. The summed E-state index contributed by atoms with van der Waals surface area (Å²) in [6.07, 6.45) is 2.82. The largest absolute Gasteiger partial charge is 0.477 e. The van der Waals surface area contributed by atoms with E-state index < -0.39 is 11.4 Å². The highest BCUT2D eigenvalue weighted by atomic mass is 35.5. The Kier molecular flexibility index (Phi) is 5.51. The summed E-state index contributed by atoms with van der Waals surface area (Å²) >= 11 is 7.94. The highest BCUT2D eigenvalue weighted by molar-refractivity contribution is 7.99. The Morgan fingerprint density at radius 1 is 1.39 bits per heavy atom. The van der Waals surface area contributed by atoms with Crippen molar-refractivity contribution in [1.29, 1.82) is 0 Å². The Labute approximate surface area is 197 Å². The summed E-state index contributed by atoms with van der Waals surface area (Å²) in [5.41, 5.74) is 7.39. The van der Waals surface area contributed by atoms with E-state index in [-0.39, 0.29) is 11.6 Å². The minimum atomic E-state index is -1.27. The number of nitrogens with one attached hydrogen (secondary N) is 2. The highest BCUT2D eigenvalue weighted by Gasteiger charge is 2.26. The molecule has 170 valence electrons. The number of rotatable bonds is 5. The molecule has 3 aromatic heterocycles. The summed E-state index contributed by atoms with van der Waals surface area (Å²) in [5.74, 6) is -0.531. The van der Waals surface area contributed by atoms with Crippen LogP contribution in [0.4, 0.5) is 5.82 Å². The van der Waals surface area contributed by atoms with Crippen molar-refractivity contribution in [3.63, 3.8) is 0 Å². The van der Waals surface area contributed by atoms with Crippen molar-refractivity contribution in [3.8, 4) is 0 Å². The molecular formula is C22H21ClN6O3S. The minimum Gasteiger partial charge on any atom is -0.477 e. The van der Waals surface area contributed by atoms with E-state index in [1.54, 1.807) is 12.1 Å². The molecule has 1 aromatic carbocycles. The number of aromatic nitrogens is 4. The van der Waals surface area contributed by atoms with Gasteiger partial charge in [-0.1, -0.05) is 18.5 Å². The van der Waals surface area contributed by atoms with Crippen molar-refractivity contribution in [2.75, 3.05) is 18.0 Å². The number of H-pyrrole nitrogens is 2. The van der Waals surface area contributed by atoms with E-state index in [1.807, 2.05) is 13.0 Å². The number of aryl methyl sites for hydroxylation is 1. The number of aromatic amines is 2. The smallest absolute Gasteiger partial charge is 0.341 e. The van der Waals surface area contributed by atoms with E-state index in [0.717, 1.165) is 36.3 Å². The Morgan fingerprint density at radius 3 is 2.91 bits per heavy atom. The second-order valence-corrected chi connectivity index (χ2v) is 9.38. The maximum absolute atomic E-state index is 12.6. The van der Waals surface area contributed by atoms with Crippen molar-refractivity contribution >= 4 is 57.1 Å². The summed E-state index contributed by atoms with van der Waals surface area (Å²) < 4.78 is 0. The van der Waals surface area contributed by atoms with Crippen LogP contribution in [0, 0.1) is 0 Å². The van der Waals surface area contributed by atoms with Crippen LogP contribution in [-0.2, 0) is 6.42 Å². The molecule has 33 heavy (non-hydrogen) atoms. The van der Waals surface area contributed by atoms with Gasteiger partial charge in [-0.05, 0) is 42.8 Å². The predicted octanol–water partition coefficient (Wildman–Crippen LogP) is 3.40. The van der Waals surface area contributed by atoms with Gasteiger partial charge in [0.05, 0.1) is 10.4 Å². The van der Waals surface area contributed by atoms with Crippen LogP contribution in [0.3, 0.4) is 0 Å². The molecule has 1 atom stereocenters. The molecule has 1 saturated heterocycles. The van der Waals surface area contributed by atoms with E-state index in [1.165, 1.54) is 18.0 Å². The standard InChI is InChI=1S/C22H21ClN6O3S/c1-2-14-17(23)16-19(26-14)27-22(28-20(16)29-6-5-10(24)9-29)33-11-3-4-15-12(7-11)18(30)13(8-25-15)21(31)32/h3-4,7-8,10H,2,5-6,9,24H2,1H3,(H,25,30)(H,31,32)(H,26,27,28). The third-order valence-electron chi connectivity index (χ3n) is 5.79. The summed E-state index contributed by atoms with van der Waals surface area (Å²) in [6.45, 7) is 3.48. The van der Waals surface area contributed by atoms with Gasteiger partial charge in [-0.15, -0.1) is 0 Å². The van der Waals surface area contributed by atoms with Gasteiger partial charge in [-0.3, -0.25) is 4.79 Å². The van der Waals surface area contributed by atoms with E-state index in [2.05, 4.69) is 19.9 Å². The number of halogens is 1. The molecule has 1 unspecified atom stereocenters. The Bertz CT molecular complexity index is 1470. The molecule has 0 saturated carbocycles. The number of carboxylic acid groups (broad SMARTS) is 1. The maximum atomic E-state index is 12.6. The van der Waals surface area contributed by atoms with Gasteiger partial charge in [0.1, 0.15) is 17.0 Å². The number of hydrogen-bond donors (Lipinski definition) is 4. The molecule has 11 heteroatoms. The molecule has 0 amide bonds. The van der Waals surface area contributed by atoms with Gasteiger partial charge < -0.3 is 25.7 Å². The molecule has 4 heterocycles. The van der Waals surface area contributed by atoms with Crippen LogP contribution >= 0.6 is 23.4 Å². The van der Waals surface area contributed by atoms with Gasteiger partial charge in [0, 0.05) is 46.8 Å². The first-order valence-corrected chi connectivity index (χ1v) is 11.7. The number of carboxylic acids is 1. The summed E-state index contributed by atoms with van der Waals surface area (Å²) in [5, 5.41) is 11.4. The molecule has 0 bridgehead atoms. The zero-order valence-electron chi connectivity index (χ0n) is 17.7. The number of benzene rings is 1. The fraction of sp³-hybridized carbons (Fsp3) is 0.273.